The molecule has 1 amide bonds. The summed E-state index contributed by atoms with van der Waals surface area (Å²) >= 11 is 1.46. The standard InChI is InChI=1S/C13H22N4O3S/c1-19-5-2-14-8-12(18)16-13-15-11(10-21-13)9-17-3-6-20-7-4-17/h10,14H,2-9H2,1H3,(H,15,16,18). The van der Waals surface area contributed by atoms with Gasteiger partial charge in [0.05, 0.1) is 32.1 Å². The minimum absolute atomic E-state index is 0.0848. The third-order valence-corrected chi connectivity index (χ3v) is 3.86. The maximum Gasteiger partial charge on any atom is 0.240 e. The van der Waals surface area contributed by atoms with Crippen molar-refractivity contribution >= 4 is 22.4 Å². The van der Waals surface area contributed by atoms with Crippen molar-refractivity contribution in [3.63, 3.8) is 0 Å². The molecule has 2 rings (SSSR count). The molecule has 2 heterocycles. The maximum atomic E-state index is 11.7. The number of thiazole rings is 1. The number of carbonyl (C=O) groups is 1. The lowest BCUT2D eigenvalue weighted by atomic mass is 10.4. The maximum absolute atomic E-state index is 11.7. The second-order valence-corrected chi connectivity index (χ2v) is 5.61. The molecule has 1 aliphatic rings. The van der Waals surface area contributed by atoms with Gasteiger partial charge in [0.1, 0.15) is 0 Å². The Hall–Kier alpha value is -1.06. The van der Waals surface area contributed by atoms with E-state index in [-0.39, 0.29) is 12.5 Å². The number of nitrogens with one attached hydrogen (secondary N) is 2. The predicted molar refractivity (Wildman–Crippen MR) is 81.6 cm³/mol. The largest absolute Gasteiger partial charge is 0.383 e. The number of hydrogen-bond donors (Lipinski definition) is 2. The molecule has 1 aliphatic heterocycles. The SMILES string of the molecule is COCCNCC(=O)Nc1nc(CN2CCOCC2)cs1. The fourth-order valence-electron chi connectivity index (χ4n) is 1.96. The van der Waals surface area contributed by atoms with Crippen LogP contribution in [0.25, 0.3) is 0 Å². The number of rotatable bonds is 8. The number of methoxy groups -OCH3 is 1. The topological polar surface area (TPSA) is 75.7 Å². The first-order valence-corrected chi connectivity index (χ1v) is 7.90. The summed E-state index contributed by atoms with van der Waals surface area (Å²) in [6.45, 7) is 5.74. The van der Waals surface area contributed by atoms with Crippen LogP contribution in [0.2, 0.25) is 0 Å². The molecule has 21 heavy (non-hydrogen) atoms. The summed E-state index contributed by atoms with van der Waals surface area (Å²) in [7, 11) is 1.63. The third-order valence-electron chi connectivity index (χ3n) is 3.06. The van der Waals surface area contributed by atoms with E-state index in [2.05, 4.69) is 20.5 Å². The highest BCUT2D eigenvalue weighted by molar-refractivity contribution is 7.13. The van der Waals surface area contributed by atoms with Gasteiger partial charge in [-0.3, -0.25) is 9.69 Å². The van der Waals surface area contributed by atoms with E-state index in [0.29, 0.717) is 18.3 Å². The number of hydrogen-bond acceptors (Lipinski definition) is 7. The summed E-state index contributed by atoms with van der Waals surface area (Å²) in [5.74, 6) is -0.0848. The molecule has 0 spiro atoms. The number of anilines is 1. The molecule has 7 nitrogen and oxygen atoms in total. The van der Waals surface area contributed by atoms with Crippen molar-refractivity contribution in [1.29, 1.82) is 0 Å². The van der Waals surface area contributed by atoms with Crippen LogP contribution in [-0.4, -0.2) is 68.9 Å². The molecule has 1 aromatic rings. The van der Waals surface area contributed by atoms with Crippen LogP contribution in [0.3, 0.4) is 0 Å². The number of ether oxygens (including phenoxy) is 2. The van der Waals surface area contributed by atoms with Gasteiger partial charge in [0.2, 0.25) is 5.91 Å². The normalized spacial score (nSPS) is 16.0. The van der Waals surface area contributed by atoms with Gasteiger partial charge in [-0.25, -0.2) is 4.98 Å². The molecule has 0 atom stereocenters. The first-order chi connectivity index (χ1) is 10.3. The van der Waals surface area contributed by atoms with Crippen LogP contribution in [0.4, 0.5) is 5.13 Å². The second-order valence-electron chi connectivity index (χ2n) is 4.75. The van der Waals surface area contributed by atoms with Gasteiger partial charge < -0.3 is 20.1 Å². The van der Waals surface area contributed by atoms with E-state index in [9.17, 15) is 4.79 Å². The first kappa shape index (κ1) is 16.3. The van der Waals surface area contributed by atoms with Crippen molar-refractivity contribution < 1.29 is 14.3 Å². The fourth-order valence-corrected chi connectivity index (χ4v) is 2.68. The van der Waals surface area contributed by atoms with Crippen LogP contribution < -0.4 is 10.6 Å². The molecular weight excluding hydrogens is 292 g/mol. The molecule has 0 unspecified atom stereocenters. The Balaban J connectivity index is 1.70. The van der Waals surface area contributed by atoms with Gasteiger partial charge in [-0.2, -0.15) is 0 Å². The number of carbonyl (C=O) groups excluding carboxylic acids is 1. The molecule has 1 saturated heterocycles. The Morgan fingerprint density at radius 3 is 3.10 bits per heavy atom. The van der Waals surface area contributed by atoms with Crippen molar-refractivity contribution in [3.8, 4) is 0 Å². The van der Waals surface area contributed by atoms with E-state index in [4.69, 9.17) is 9.47 Å². The first-order valence-electron chi connectivity index (χ1n) is 7.02. The van der Waals surface area contributed by atoms with Crippen LogP contribution in [0, 0.1) is 0 Å². The summed E-state index contributed by atoms with van der Waals surface area (Å²) in [5.41, 5.74) is 0.990. The zero-order valence-corrected chi connectivity index (χ0v) is 13.1. The van der Waals surface area contributed by atoms with Gasteiger partial charge >= 0.3 is 0 Å². The summed E-state index contributed by atoms with van der Waals surface area (Å²) in [4.78, 5) is 18.4. The highest BCUT2D eigenvalue weighted by Gasteiger charge is 2.13. The summed E-state index contributed by atoms with van der Waals surface area (Å²) in [6.07, 6.45) is 0. The van der Waals surface area contributed by atoms with Crippen molar-refractivity contribution in [1.82, 2.24) is 15.2 Å². The monoisotopic (exact) mass is 314 g/mol. The number of aromatic nitrogens is 1. The molecular formula is C13H22N4O3S. The van der Waals surface area contributed by atoms with Crippen molar-refractivity contribution in [3.05, 3.63) is 11.1 Å². The minimum Gasteiger partial charge on any atom is -0.383 e. The number of amides is 1. The molecule has 0 aromatic carbocycles. The summed E-state index contributed by atoms with van der Waals surface area (Å²) in [5, 5.41) is 8.43. The molecule has 118 valence electrons. The fraction of sp³-hybridized carbons (Fsp3) is 0.692. The molecule has 2 N–H and O–H groups in total. The molecule has 1 fully saturated rings. The molecule has 1 aromatic heterocycles. The van der Waals surface area contributed by atoms with E-state index in [1.54, 1.807) is 7.11 Å². The van der Waals surface area contributed by atoms with Gasteiger partial charge in [0.15, 0.2) is 5.13 Å². The van der Waals surface area contributed by atoms with Gasteiger partial charge in [0.25, 0.3) is 0 Å². The van der Waals surface area contributed by atoms with Crippen LogP contribution in [-0.2, 0) is 20.8 Å². The predicted octanol–water partition coefficient (Wildman–Crippen LogP) is 0.150. The number of morpholine rings is 1. The molecule has 0 radical (unpaired) electrons. The number of nitrogens with zero attached hydrogens (tertiary/aromatic N) is 2. The Labute approximate surface area is 128 Å². The zero-order chi connectivity index (χ0) is 14.9. The molecule has 0 aliphatic carbocycles. The van der Waals surface area contributed by atoms with E-state index in [1.165, 1.54) is 11.3 Å². The Bertz CT molecular complexity index is 435. The van der Waals surface area contributed by atoms with Crippen molar-refractivity contribution in [2.45, 2.75) is 6.54 Å². The smallest absolute Gasteiger partial charge is 0.240 e. The minimum atomic E-state index is -0.0848. The van der Waals surface area contributed by atoms with E-state index < -0.39 is 0 Å². The summed E-state index contributed by atoms with van der Waals surface area (Å²) in [6, 6.07) is 0. The quantitative estimate of drug-likeness (QED) is 0.665. The lowest BCUT2D eigenvalue weighted by molar-refractivity contribution is -0.115. The average Bonchev–Trinajstić information content (AvgIpc) is 2.92. The lowest BCUT2D eigenvalue weighted by Gasteiger charge is -2.25. The van der Waals surface area contributed by atoms with E-state index in [1.807, 2.05) is 5.38 Å². The second kappa shape index (κ2) is 9.06. The van der Waals surface area contributed by atoms with Gasteiger partial charge in [0, 0.05) is 38.7 Å². The van der Waals surface area contributed by atoms with Crippen LogP contribution in [0.1, 0.15) is 5.69 Å². The van der Waals surface area contributed by atoms with Crippen LogP contribution in [0.5, 0.6) is 0 Å². The Kier molecular flexibility index (Phi) is 7.04. The van der Waals surface area contributed by atoms with Crippen LogP contribution >= 0.6 is 11.3 Å². The lowest BCUT2D eigenvalue weighted by Crippen LogP contribution is -2.35. The van der Waals surface area contributed by atoms with Gasteiger partial charge in [-0.15, -0.1) is 11.3 Å². The zero-order valence-electron chi connectivity index (χ0n) is 12.3. The van der Waals surface area contributed by atoms with Crippen LogP contribution in [0.15, 0.2) is 5.38 Å². The van der Waals surface area contributed by atoms with E-state index >= 15 is 0 Å². The van der Waals surface area contributed by atoms with Crippen molar-refractivity contribution in [2.24, 2.45) is 0 Å². The average molecular weight is 314 g/mol. The molecule has 0 bridgehead atoms. The van der Waals surface area contributed by atoms with E-state index in [0.717, 1.165) is 38.5 Å². The van der Waals surface area contributed by atoms with Crippen molar-refractivity contribution in [2.75, 3.05) is 58.4 Å². The highest BCUT2D eigenvalue weighted by Crippen LogP contribution is 2.17. The van der Waals surface area contributed by atoms with Gasteiger partial charge in [-0.05, 0) is 0 Å². The summed E-state index contributed by atoms with van der Waals surface area (Å²) < 4.78 is 10.2. The Morgan fingerprint density at radius 2 is 2.33 bits per heavy atom. The molecule has 8 heteroatoms. The molecule has 0 saturated carbocycles. The third kappa shape index (κ3) is 6.06. The Morgan fingerprint density at radius 1 is 1.52 bits per heavy atom. The highest BCUT2D eigenvalue weighted by atomic mass is 32.1. The van der Waals surface area contributed by atoms with Gasteiger partial charge in [-0.1, -0.05) is 0 Å².